The van der Waals surface area contributed by atoms with E-state index in [0.29, 0.717) is 17.2 Å². The normalized spacial score (nSPS) is 17.5. The lowest BCUT2D eigenvalue weighted by Crippen LogP contribution is -2.43. The molecule has 2 aliphatic heterocycles. The van der Waals surface area contributed by atoms with E-state index in [0.717, 1.165) is 72.1 Å². The number of benzene rings is 1. The van der Waals surface area contributed by atoms with Gasteiger partial charge in [-0.2, -0.15) is 4.58 Å². The molecule has 1 aromatic carbocycles. The molecule has 1 saturated heterocycles. The molecular formula is C31H39N6O2+. The van der Waals surface area contributed by atoms with Crippen LogP contribution in [-0.2, 0) is 6.54 Å². The average molecular weight is 528 g/mol. The second kappa shape index (κ2) is 11.1. The van der Waals surface area contributed by atoms with Crippen molar-refractivity contribution >= 4 is 23.6 Å². The fourth-order valence-electron chi connectivity index (χ4n) is 5.66. The average Bonchev–Trinajstić information content (AvgIpc) is 3.28. The molecule has 2 aliphatic rings. The minimum atomic E-state index is -0.177. The molecule has 0 radical (unpaired) electrons. The number of nitrogens with one attached hydrogen (secondary N) is 3. The number of anilines is 1. The summed E-state index contributed by atoms with van der Waals surface area (Å²) in [5, 5.41) is 6.42. The standard InChI is InChI=1S/C31H38N6O2/c1-6-22(5)37-18-20(3)29-25(30(38)34-17-26-19(2)13-21(4)35-31(26)39)14-24(15-27(29)37)23-7-8-28(33-16-23)36-11-9-32-10-12-36/h7-8,13-16,18,20,22,32H,6,9-12,17H2,1-5H3,(H-,34,35,38,39)/p+1/t20?,22-/m0/s1. The first kappa shape index (κ1) is 26.8. The summed E-state index contributed by atoms with van der Waals surface area (Å²) in [5.74, 6) is 0.895. The Morgan fingerprint density at radius 2 is 1.95 bits per heavy atom. The van der Waals surface area contributed by atoms with Crippen LogP contribution in [-0.4, -0.2) is 58.9 Å². The molecular weight excluding hydrogens is 488 g/mol. The van der Waals surface area contributed by atoms with Gasteiger partial charge < -0.3 is 20.5 Å². The van der Waals surface area contributed by atoms with E-state index in [1.54, 1.807) is 0 Å². The molecule has 4 heterocycles. The van der Waals surface area contributed by atoms with Crippen LogP contribution in [0.1, 0.15) is 65.9 Å². The number of nitrogens with zero attached hydrogens (tertiary/aromatic N) is 3. The molecule has 1 unspecified atom stereocenters. The number of aryl methyl sites for hydroxylation is 2. The van der Waals surface area contributed by atoms with Gasteiger partial charge in [0.1, 0.15) is 5.82 Å². The maximum Gasteiger partial charge on any atom is 0.253 e. The van der Waals surface area contributed by atoms with Gasteiger partial charge in [-0.1, -0.05) is 6.92 Å². The molecule has 2 aromatic heterocycles. The summed E-state index contributed by atoms with van der Waals surface area (Å²) in [6.45, 7) is 14.3. The summed E-state index contributed by atoms with van der Waals surface area (Å²) in [4.78, 5) is 36.2. The molecule has 204 valence electrons. The summed E-state index contributed by atoms with van der Waals surface area (Å²) in [7, 11) is 0. The third-order valence-electron chi connectivity index (χ3n) is 8.03. The highest BCUT2D eigenvalue weighted by Crippen LogP contribution is 2.39. The highest BCUT2D eigenvalue weighted by molar-refractivity contribution is 6.00. The first-order valence-corrected chi connectivity index (χ1v) is 14.0. The van der Waals surface area contributed by atoms with E-state index in [2.05, 4.69) is 70.3 Å². The summed E-state index contributed by atoms with van der Waals surface area (Å²) >= 11 is 0. The number of aromatic amines is 1. The maximum atomic E-state index is 13.7. The summed E-state index contributed by atoms with van der Waals surface area (Å²) in [6.07, 6.45) is 5.12. The van der Waals surface area contributed by atoms with Gasteiger partial charge in [0.15, 0.2) is 12.3 Å². The number of pyridine rings is 2. The number of aromatic nitrogens is 2. The Hall–Kier alpha value is -3.78. The number of amides is 1. The van der Waals surface area contributed by atoms with Gasteiger partial charge in [0.25, 0.3) is 11.5 Å². The van der Waals surface area contributed by atoms with E-state index in [4.69, 9.17) is 4.98 Å². The van der Waals surface area contributed by atoms with Crippen LogP contribution in [0.3, 0.4) is 0 Å². The van der Waals surface area contributed by atoms with Crippen LogP contribution < -0.4 is 21.1 Å². The number of piperazine rings is 1. The Morgan fingerprint density at radius 1 is 1.18 bits per heavy atom. The zero-order valence-corrected chi connectivity index (χ0v) is 23.6. The third kappa shape index (κ3) is 5.39. The largest absolute Gasteiger partial charge is 0.354 e. The first-order chi connectivity index (χ1) is 18.8. The lowest BCUT2D eigenvalue weighted by Gasteiger charge is -2.28. The number of fused-ring (bicyclic) bond motifs is 1. The monoisotopic (exact) mass is 527 g/mol. The van der Waals surface area contributed by atoms with Crippen molar-refractivity contribution in [3.05, 3.63) is 74.8 Å². The lowest BCUT2D eigenvalue weighted by atomic mass is 9.92. The van der Waals surface area contributed by atoms with Gasteiger partial charge in [-0.25, -0.2) is 4.98 Å². The van der Waals surface area contributed by atoms with Gasteiger partial charge >= 0.3 is 0 Å². The number of carbonyl (C=O) groups is 1. The molecule has 1 amide bonds. The number of hydrogen-bond donors (Lipinski definition) is 3. The predicted molar refractivity (Wildman–Crippen MR) is 157 cm³/mol. The van der Waals surface area contributed by atoms with Crippen LogP contribution in [0.4, 0.5) is 11.5 Å². The lowest BCUT2D eigenvalue weighted by molar-refractivity contribution is -0.473. The van der Waals surface area contributed by atoms with E-state index < -0.39 is 0 Å². The van der Waals surface area contributed by atoms with Crippen molar-refractivity contribution in [2.75, 3.05) is 31.1 Å². The molecule has 8 heteroatoms. The minimum Gasteiger partial charge on any atom is -0.354 e. The zero-order valence-electron chi connectivity index (χ0n) is 23.6. The summed E-state index contributed by atoms with van der Waals surface area (Å²) in [6, 6.07) is 10.6. The Balaban J connectivity index is 1.51. The van der Waals surface area contributed by atoms with Crippen molar-refractivity contribution in [3.63, 3.8) is 0 Å². The van der Waals surface area contributed by atoms with Gasteiger partial charge in [-0.05, 0) is 63.1 Å². The molecule has 3 N–H and O–H groups in total. The molecule has 0 aliphatic carbocycles. The third-order valence-corrected chi connectivity index (χ3v) is 8.03. The van der Waals surface area contributed by atoms with Crippen LogP contribution in [0.2, 0.25) is 0 Å². The van der Waals surface area contributed by atoms with Crippen LogP contribution in [0.15, 0.2) is 41.3 Å². The van der Waals surface area contributed by atoms with Crippen molar-refractivity contribution in [2.45, 2.75) is 59.5 Å². The number of H-pyrrole nitrogens is 1. The predicted octanol–water partition coefficient (Wildman–Crippen LogP) is 4.02. The summed E-state index contributed by atoms with van der Waals surface area (Å²) in [5.41, 5.74) is 6.76. The van der Waals surface area contributed by atoms with E-state index in [1.165, 1.54) is 0 Å². The molecule has 1 fully saturated rings. The molecule has 0 saturated carbocycles. The number of hydrogen-bond acceptors (Lipinski definition) is 5. The SMILES string of the molecule is CC[C@H](C)[N+]1=CC(C)c2c(C(=O)NCc3c(C)cc(C)[nH]c3=O)cc(-c3ccc(N4CCNCC4)nc3)cc21. The molecule has 2 atom stereocenters. The fourth-order valence-corrected chi connectivity index (χ4v) is 5.66. The quantitative estimate of drug-likeness (QED) is 0.404. The van der Waals surface area contributed by atoms with Gasteiger partial charge in [-0.15, -0.1) is 0 Å². The number of carbonyl (C=O) groups excluding carboxylic acids is 1. The van der Waals surface area contributed by atoms with Gasteiger partial charge in [0.05, 0.1) is 11.5 Å². The Labute approximate surface area is 230 Å². The van der Waals surface area contributed by atoms with E-state index in [-0.39, 0.29) is 23.9 Å². The van der Waals surface area contributed by atoms with E-state index >= 15 is 0 Å². The van der Waals surface area contributed by atoms with Crippen LogP contribution in [0, 0.1) is 13.8 Å². The molecule has 0 spiro atoms. The Kier molecular flexibility index (Phi) is 7.66. The Bertz CT molecular complexity index is 1470. The van der Waals surface area contributed by atoms with Gasteiger partial charge in [-0.3, -0.25) is 9.59 Å². The van der Waals surface area contributed by atoms with E-state index in [1.807, 2.05) is 32.2 Å². The van der Waals surface area contributed by atoms with Gasteiger partial charge in [0.2, 0.25) is 5.69 Å². The van der Waals surface area contributed by atoms with Crippen molar-refractivity contribution < 1.29 is 9.37 Å². The van der Waals surface area contributed by atoms with Gasteiger partial charge in [0, 0.05) is 73.8 Å². The Morgan fingerprint density at radius 3 is 2.62 bits per heavy atom. The maximum absolute atomic E-state index is 13.7. The first-order valence-electron chi connectivity index (χ1n) is 14.0. The zero-order chi connectivity index (χ0) is 27.7. The highest BCUT2D eigenvalue weighted by Gasteiger charge is 2.35. The minimum absolute atomic E-state index is 0.0986. The van der Waals surface area contributed by atoms with Crippen molar-refractivity contribution in [1.82, 2.24) is 20.6 Å². The van der Waals surface area contributed by atoms with E-state index in [9.17, 15) is 9.59 Å². The molecule has 8 nitrogen and oxygen atoms in total. The second-order valence-electron chi connectivity index (χ2n) is 10.8. The van der Waals surface area contributed by atoms with Crippen LogP contribution in [0.5, 0.6) is 0 Å². The second-order valence-corrected chi connectivity index (χ2v) is 10.8. The summed E-state index contributed by atoms with van der Waals surface area (Å²) < 4.78 is 2.30. The van der Waals surface area contributed by atoms with Crippen molar-refractivity contribution in [2.24, 2.45) is 0 Å². The molecule has 3 aromatic rings. The number of rotatable bonds is 7. The van der Waals surface area contributed by atoms with Crippen LogP contribution >= 0.6 is 0 Å². The highest BCUT2D eigenvalue weighted by atomic mass is 16.1. The molecule has 5 rings (SSSR count). The smallest absolute Gasteiger partial charge is 0.253 e. The topological polar surface area (TPSA) is 93.1 Å². The fraction of sp³-hybridized carbons (Fsp3) is 0.419. The molecule has 39 heavy (non-hydrogen) atoms. The van der Waals surface area contributed by atoms with Crippen LogP contribution in [0.25, 0.3) is 11.1 Å². The van der Waals surface area contributed by atoms with Crippen molar-refractivity contribution in [3.8, 4) is 11.1 Å². The van der Waals surface area contributed by atoms with Crippen molar-refractivity contribution in [1.29, 1.82) is 0 Å². The molecule has 0 bridgehead atoms.